The highest BCUT2D eigenvalue weighted by Gasteiger charge is 2.10. The summed E-state index contributed by atoms with van der Waals surface area (Å²) in [4.78, 5) is 19.0. The van der Waals surface area contributed by atoms with Crippen LogP contribution < -0.4 is 11.1 Å². The second kappa shape index (κ2) is 4.03. The van der Waals surface area contributed by atoms with E-state index in [9.17, 15) is 4.79 Å². The van der Waals surface area contributed by atoms with Crippen molar-refractivity contribution in [3.63, 3.8) is 0 Å². The number of carbonyl (C=O) groups excluding carboxylic acids is 1. The second-order valence-corrected chi connectivity index (χ2v) is 5.15. The number of primary amides is 1. The molecule has 2 rings (SSSR count). The molecule has 0 aliphatic heterocycles. The van der Waals surface area contributed by atoms with E-state index < -0.39 is 6.03 Å². The van der Waals surface area contributed by atoms with Crippen molar-refractivity contribution in [3.05, 3.63) is 15.3 Å². The highest BCUT2D eigenvalue weighted by Crippen LogP contribution is 2.32. The maximum atomic E-state index is 10.6. The van der Waals surface area contributed by atoms with Gasteiger partial charge in [-0.15, -0.1) is 0 Å². The Morgan fingerprint density at radius 1 is 1.47 bits per heavy atom. The first kappa shape index (κ1) is 10.8. The van der Waals surface area contributed by atoms with Crippen LogP contribution in [0.1, 0.15) is 0 Å². The Hall–Kier alpha value is -0.730. The Balaban J connectivity index is 2.55. The van der Waals surface area contributed by atoms with Gasteiger partial charge in [-0.25, -0.2) is 14.8 Å². The van der Waals surface area contributed by atoms with Gasteiger partial charge in [-0.1, -0.05) is 11.3 Å². The van der Waals surface area contributed by atoms with E-state index in [0.29, 0.717) is 14.3 Å². The molecule has 2 heterocycles. The summed E-state index contributed by atoms with van der Waals surface area (Å²) in [6.07, 6.45) is 0. The molecule has 8 heteroatoms. The molecule has 0 aliphatic carbocycles. The Morgan fingerprint density at radius 2 is 2.20 bits per heavy atom. The van der Waals surface area contributed by atoms with Crippen LogP contribution in [0.5, 0.6) is 0 Å². The summed E-state index contributed by atoms with van der Waals surface area (Å²) in [5.41, 5.74) is 5.74. The summed E-state index contributed by atoms with van der Waals surface area (Å²) in [5, 5.41) is 2.88. The van der Waals surface area contributed by atoms with Crippen LogP contribution in [0.4, 0.5) is 9.93 Å². The first-order chi connectivity index (χ1) is 7.06. The third-order valence-corrected chi connectivity index (χ3v) is 3.77. The number of aromatic nitrogens is 2. The van der Waals surface area contributed by atoms with E-state index in [-0.39, 0.29) is 0 Å². The lowest BCUT2D eigenvalue weighted by Gasteiger charge is -1.91. The van der Waals surface area contributed by atoms with E-state index >= 15 is 0 Å². The minimum absolute atomic E-state index is 0.457. The quantitative estimate of drug-likeness (QED) is 0.775. The van der Waals surface area contributed by atoms with E-state index in [1.165, 1.54) is 11.3 Å². The van der Waals surface area contributed by atoms with Gasteiger partial charge in [-0.3, -0.25) is 5.32 Å². The SMILES string of the molecule is NC(=O)Nc1nc2cc(Br)nc(Br)c2s1. The van der Waals surface area contributed by atoms with Crippen LogP contribution in [0.25, 0.3) is 10.2 Å². The van der Waals surface area contributed by atoms with Crippen LogP contribution in [-0.2, 0) is 0 Å². The Labute approximate surface area is 105 Å². The maximum Gasteiger partial charge on any atom is 0.318 e. The van der Waals surface area contributed by atoms with E-state index in [1.807, 2.05) is 0 Å². The van der Waals surface area contributed by atoms with Crippen LogP contribution in [0.15, 0.2) is 15.3 Å². The van der Waals surface area contributed by atoms with Crippen molar-refractivity contribution in [2.24, 2.45) is 5.73 Å². The second-order valence-electron chi connectivity index (χ2n) is 2.59. The normalized spacial score (nSPS) is 10.5. The fourth-order valence-electron chi connectivity index (χ4n) is 1.03. The first-order valence-corrected chi connectivity index (χ1v) is 6.15. The molecule has 0 bridgehead atoms. The number of amides is 2. The maximum absolute atomic E-state index is 10.6. The summed E-state index contributed by atoms with van der Waals surface area (Å²) < 4.78 is 2.22. The largest absolute Gasteiger partial charge is 0.351 e. The van der Waals surface area contributed by atoms with Crippen LogP contribution >= 0.6 is 43.2 Å². The van der Waals surface area contributed by atoms with Crippen molar-refractivity contribution in [1.82, 2.24) is 9.97 Å². The summed E-state index contributed by atoms with van der Waals surface area (Å²) in [6.45, 7) is 0. The molecule has 0 fully saturated rings. The molecule has 0 saturated carbocycles. The Bertz CT molecular complexity index is 541. The van der Waals surface area contributed by atoms with Gasteiger partial charge in [0.05, 0.1) is 10.2 Å². The third kappa shape index (κ3) is 2.27. The Kier molecular flexibility index (Phi) is 2.89. The number of nitrogens with two attached hydrogens (primary N) is 1. The van der Waals surface area contributed by atoms with Crippen LogP contribution in [-0.4, -0.2) is 16.0 Å². The molecular weight excluding hydrogens is 348 g/mol. The lowest BCUT2D eigenvalue weighted by atomic mass is 10.4. The van der Waals surface area contributed by atoms with E-state index in [1.54, 1.807) is 6.07 Å². The number of pyridine rings is 1. The highest BCUT2D eigenvalue weighted by molar-refractivity contribution is 9.11. The number of thiazole rings is 1. The minimum Gasteiger partial charge on any atom is -0.351 e. The highest BCUT2D eigenvalue weighted by atomic mass is 79.9. The van der Waals surface area contributed by atoms with Gasteiger partial charge in [0.15, 0.2) is 5.13 Å². The first-order valence-electron chi connectivity index (χ1n) is 3.75. The molecule has 0 spiro atoms. The van der Waals surface area contributed by atoms with Crippen molar-refractivity contribution in [1.29, 1.82) is 0 Å². The molecule has 78 valence electrons. The van der Waals surface area contributed by atoms with Crippen molar-refractivity contribution in [3.8, 4) is 0 Å². The van der Waals surface area contributed by atoms with Crippen molar-refractivity contribution in [2.75, 3.05) is 5.32 Å². The topological polar surface area (TPSA) is 80.9 Å². The van der Waals surface area contributed by atoms with E-state index in [4.69, 9.17) is 5.73 Å². The number of nitrogens with zero attached hydrogens (tertiary/aromatic N) is 2. The molecule has 3 N–H and O–H groups in total. The molecule has 0 unspecified atom stereocenters. The van der Waals surface area contributed by atoms with Crippen molar-refractivity contribution in [2.45, 2.75) is 0 Å². The molecule has 0 saturated heterocycles. The zero-order valence-corrected chi connectivity index (χ0v) is 11.1. The number of nitrogens with one attached hydrogen (secondary N) is 1. The number of carbonyl (C=O) groups is 1. The summed E-state index contributed by atoms with van der Waals surface area (Å²) in [7, 11) is 0. The number of fused-ring (bicyclic) bond motifs is 1. The van der Waals surface area contributed by atoms with Crippen molar-refractivity contribution >= 4 is 64.6 Å². The average molecular weight is 352 g/mol. The van der Waals surface area contributed by atoms with Gasteiger partial charge in [-0.2, -0.15) is 0 Å². The number of halogens is 2. The lowest BCUT2D eigenvalue weighted by Crippen LogP contribution is -2.18. The Morgan fingerprint density at radius 3 is 2.87 bits per heavy atom. The monoisotopic (exact) mass is 350 g/mol. The van der Waals surface area contributed by atoms with Gasteiger partial charge in [0.25, 0.3) is 0 Å². The predicted molar refractivity (Wildman–Crippen MR) is 66.0 cm³/mol. The van der Waals surface area contributed by atoms with E-state index in [0.717, 1.165) is 10.2 Å². The summed E-state index contributed by atoms with van der Waals surface area (Å²) >= 11 is 7.88. The number of rotatable bonds is 1. The average Bonchev–Trinajstić information content (AvgIpc) is 2.45. The number of hydrogen-bond acceptors (Lipinski definition) is 4. The molecular formula is C7H4Br2N4OS. The van der Waals surface area contributed by atoms with Gasteiger partial charge < -0.3 is 5.73 Å². The fourth-order valence-corrected chi connectivity index (χ4v) is 3.12. The lowest BCUT2D eigenvalue weighted by molar-refractivity contribution is 0.259. The molecule has 2 aromatic heterocycles. The fraction of sp³-hybridized carbons (Fsp3) is 0. The van der Waals surface area contributed by atoms with Gasteiger partial charge in [-0.05, 0) is 37.9 Å². The van der Waals surface area contributed by atoms with Crippen LogP contribution in [0.3, 0.4) is 0 Å². The van der Waals surface area contributed by atoms with Gasteiger partial charge in [0, 0.05) is 0 Å². The smallest absolute Gasteiger partial charge is 0.318 e. The zero-order valence-electron chi connectivity index (χ0n) is 7.12. The molecule has 2 amide bonds. The van der Waals surface area contributed by atoms with Gasteiger partial charge >= 0.3 is 6.03 Å². The van der Waals surface area contributed by atoms with Crippen molar-refractivity contribution < 1.29 is 4.79 Å². The molecule has 15 heavy (non-hydrogen) atoms. The standard InChI is InChI=1S/C7H4Br2N4OS/c8-3-1-2-4(5(9)12-3)15-7(11-2)13-6(10)14/h1H,(H3,10,11,13,14). The number of anilines is 1. The molecule has 2 aromatic rings. The molecule has 0 atom stereocenters. The molecule has 5 nitrogen and oxygen atoms in total. The summed E-state index contributed by atoms with van der Waals surface area (Å²) in [6, 6.07) is 1.14. The summed E-state index contributed by atoms with van der Waals surface area (Å²) in [5.74, 6) is 0. The van der Waals surface area contributed by atoms with Gasteiger partial charge in [0.2, 0.25) is 0 Å². The number of hydrogen-bond donors (Lipinski definition) is 2. The minimum atomic E-state index is -0.628. The number of urea groups is 1. The molecule has 0 aromatic carbocycles. The van der Waals surface area contributed by atoms with Crippen LogP contribution in [0, 0.1) is 0 Å². The predicted octanol–water partition coefficient (Wildman–Crippen LogP) is 2.71. The van der Waals surface area contributed by atoms with Crippen LogP contribution in [0.2, 0.25) is 0 Å². The van der Waals surface area contributed by atoms with E-state index in [2.05, 4.69) is 47.1 Å². The molecule has 0 radical (unpaired) electrons. The third-order valence-electron chi connectivity index (χ3n) is 1.53. The molecule has 0 aliphatic rings. The van der Waals surface area contributed by atoms with Gasteiger partial charge in [0.1, 0.15) is 9.21 Å². The zero-order chi connectivity index (χ0) is 11.0.